The van der Waals surface area contributed by atoms with Crippen LogP contribution in [0, 0.1) is 11.8 Å². The molecule has 1 N–H and O–H groups in total. The van der Waals surface area contributed by atoms with Crippen molar-refractivity contribution in [3.05, 3.63) is 11.9 Å². The minimum Gasteiger partial charge on any atom is -0.378 e. The van der Waals surface area contributed by atoms with Gasteiger partial charge in [-0.1, -0.05) is 13.8 Å². The minimum absolute atomic E-state index is 0.145. The van der Waals surface area contributed by atoms with Crippen LogP contribution in [0.25, 0.3) is 0 Å². The van der Waals surface area contributed by atoms with Crippen molar-refractivity contribution in [2.75, 3.05) is 13.2 Å². The predicted octanol–water partition coefficient (Wildman–Crippen LogP) is 1.33. The van der Waals surface area contributed by atoms with E-state index < -0.39 is 0 Å². The standard InChI is InChI=1S/C11H17N3O2S/c1-7(2)10-8(3-4-16-10)5-12-11(15)9-6-13-17-14-9/h6-8,10H,3-5H2,1-2H3,(H,12,15)/t8-,10-/m1/s1. The number of amides is 1. The number of ether oxygens (including phenoxy) is 1. The van der Waals surface area contributed by atoms with Gasteiger partial charge in [-0.15, -0.1) is 0 Å². The summed E-state index contributed by atoms with van der Waals surface area (Å²) in [6, 6.07) is 0. The molecule has 0 aromatic carbocycles. The summed E-state index contributed by atoms with van der Waals surface area (Å²) in [5, 5.41) is 2.90. The van der Waals surface area contributed by atoms with Crippen LogP contribution in [-0.4, -0.2) is 33.9 Å². The quantitative estimate of drug-likeness (QED) is 0.881. The van der Waals surface area contributed by atoms with Gasteiger partial charge in [-0.3, -0.25) is 4.79 Å². The van der Waals surface area contributed by atoms with Crippen molar-refractivity contribution in [2.45, 2.75) is 26.4 Å². The van der Waals surface area contributed by atoms with E-state index in [4.69, 9.17) is 4.74 Å². The van der Waals surface area contributed by atoms with Crippen molar-refractivity contribution in [3.8, 4) is 0 Å². The Hall–Kier alpha value is -1.01. The molecule has 0 unspecified atom stereocenters. The molecular formula is C11H17N3O2S. The van der Waals surface area contributed by atoms with Gasteiger partial charge in [0, 0.05) is 19.1 Å². The summed E-state index contributed by atoms with van der Waals surface area (Å²) >= 11 is 1.05. The minimum atomic E-state index is -0.145. The van der Waals surface area contributed by atoms with Crippen molar-refractivity contribution in [2.24, 2.45) is 11.8 Å². The number of hydrogen-bond acceptors (Lipinski definition) is 5. The molecule has 2 rings (SSSR count). The lowest BCUT2D eigenvalue weighted by atomic mass is 9.93. The van der Waals surface area contributed by atoms with E-state index in [0.717, 1.165) is 24.8 Å². The van der Waals surface area contributed by atoms with Crippen molar-refractivity contribution in [1.29, 1.82) is 0 Å². The highest BCUT2D eigenvalue weighted by atomic mass is 32.1. The van der Waals surface area contributed by atoms with Crippen LogP contribution in [0.1, 0.15) is 30.8 Å². The number of nitrogens with one attached hydrogen (secondary N) is 1. The molecule has 1 aromatic rings. The molecule has 17 heavy (non-hydrogen) atoms. The molecule has 2 heterocycles. The van der Waals surface area contributed by atoms with Gasteiger partial charge in [0.15, 0.2) is 5.69 Å². The van der Waals surface area contributed by atoms with E-state index in [9.17, 15) is 4.79 Å². The summed E-state index contributed by atoms with van der Waals surface area (Å²) in [4.78, 5) is 11.7. The zero-order valence-electron chi connectivity index (χ0n) is 10.0. The first kappa shape index (κ1) is 12.4. The predicted molar refractivity (Wildman–Crippen MR) is 64.9 cm³/mol. The highest BCUT2D eigenvalue weighted by Gasteiger charge is 2.30. The van der Waals surface area contributed by atoms with Gasteiger partial charge in [0.05, 0.1) is 24.0 Å². The fraction of sp³-hybridized carbons (Fsp3) is 0.727. The van der Waals surface area contributed by atoms with Gasteiger partial charge in [-0.05, 0) is 12.3 Å². The van der Waals surface area contributed by atoms with Gasteiger partial charge < -0.3 is 10.1 Å². The summed E-state index contributed by atoms with van der Waals surface area (Å²) in [6.07, 6.45) is 2.76. The van der Waals surface area contributed by atoms with E-state index in [0.29, 0.717) is 24.1 Å². The lowest BCUT2D eigenvalue weighted by Crippen LogP contribution is -2.35. The largest absolute Gasteiger partial charge is 0.378 e. The molecule has 0 bridgehead atoms. The first-order chi connectivity index (χ1) is 8.18. The van der Waals surface area contributed by atoms with Crippen LogP contribution in [0.3, 0.4) is 0 Å². The molecular weight excluding hydrogens is 238 g/mol. The molecule has 0 aliphatic carbocycles. The van der Waals surface area contributed by atoms with E-state index in [1.807, 2.05) is 0 Å². The molecule has 1 amide bonds. The lowest BCUT2D eigenvalue weighted by molar-refractivity contribution is 0.0533. The van der Waals surface area contributed by atoms with E-state index in [1.165, 1.54) is 6.20 Å². The number of carbonyl (C=O) groups excluding carboxylic acids is 1. The molecule has 1 aromatic heterocycles. The molecule has 1 saturated heterocycles. The van der Waals surface area contributed by atoms with Crippen LogP contribution in [0.5, 0.6) is 0 Å². The molecule has 2 atom stereocenters. The molecule has 0 radical (unpaired) electrons. The van der Waals surface area contributed by atoms with Crippen LogP contribution in [0.15, 0.2) is 6.20 Å². The van der Waals surface area contributed by atoms with Crippen molar-refractivity contribution < 1.29 is 9.53 Å². The highest BCUT2D eigenvalue weighted by Crippen LogP contribution is 2.26. The topological polar surface area (TPSA) is 64.1 Å². The maximum atomic E-state index is 11.7. The maximum absolute atomic E-state index is 11.7. The maximum Gasteiger partial charge on any atom is 0.272 e. The summed E-state index contributed by atoms with van der Waals surface area (Å²) < 4.78 is 13.4. The van der Waals surface area contributed by atoms with E-state index in [1.54, 1.807) is 0 Å². The smallest absolute Gasteiger partial charge is 0.272 e. The average Bonchev–Trinajstić information content (AvgIpc) is 2.96. The number of aromatic nitrogens is 2. The van der Waals surface area contributed by atoms with Crippen molar-refractivity contribution in [3.63, 3.8) is 0 Å². The van der Waals surface area contributed by atoms with Crippen LogP contribution in [0.4, 0.5) is 0 Å². The molecule has 94 valence electrons. The molecule has 1 fully saturated rings. The van der Waals surface area contributed by atoms with Crippen LogP contribution in [0.2, 0.25) is 0 Å². The fourth-order valence-electron chi connectivity index (χ4n) is 2.19. The molecule has 6 heteroatoms. The third kappa shape index (κ3) is 3.01. The van der Waals surface area contributed by atoms with Gasteiger partial charge in [0.1, 0.15) is 0 Å². The monoisotopic (exact) mass is 255 g/mol. The van der Waals surface area contributed by atoms with Crippen LogP contribution < -0.4 is 5.32 Å². The van der Waals surface area contributed by atoms with Gasteiger partial charge in [0.2, 0.25) is 0 Å². The second kappa shape index (κ2) is 5.55. The third-order valence-corrected chi connectivity index (χ3v) is 3.52. The first-order valence-corrected chi connectivity index (χ1v) is 6.59. The summed E-state index contributed by atoms with van der Waals surface area (Å²) in [6.45, 7) is 5.74. The summed E-state index contributed by atoms with van der Waals surface area (Å²) in [5.41, 5.74) is 0.398. The Morgan fingerprint density at radius 2 is 2.53 bits per heavy atom. The first-order valence-electron chi connectivity index (χ1n) is 5.86. The Balaban J connectivity index is 1.84. The van der Waals surface area contributed by atoms with E-state index in [-0.39, 0.29) is 12.0 Å². The molecule has 5 nitrogen and oxygen atoms in total. The normalized spacial score (nSPS) is 24.2. The van der Waals surface area contributed by atoms with Crippen molar-refractivity contribution in [1.82, 2.24) is 14.1 Å². The Bertz CT molecular complexity index is 367. The zero-order chi connectivity index (χ0) is 12.3. The van der Waals surface area contributed by atoms with E-state index in [2.05, 4.69) is 27.9 Å². The van der Waals surface area contributed by atoms with Gasteiger partial charge in [0.25, 0.3) is 5.91 Å². The number of nitrogens with zero attached hydrogens (tertiary/aromatic N) is 2. The van der Waals surface area contributed by atoms with Crippen molar-refractivity contribution >= 4 is 17.6 Å². The zero-order valence-corrected chi connectivity index (χ0v) is 10.9. The van der Waals surface area contributed by atoms with E-state index >= 15 is 0 Å². The Kier molecular flexibility index (Phi) is 4.06. The van der Waals surface area contributed by atoms with Gasteiger partial charge in [-0.2, -0.15) is 8.75 Å². The second-order valence-electron chi connectivity index (χ2n) is 4.63. The number of carbonyl (C=O) groups is 1. The highest BCUT2D eigenvalue weighted by molar-refractivity contribution is 6.99. The molecule has 0 saturated carbocycles. The fourth-order valence-corrected chi connectivity index (χ4v) is 2.60. The summed E-state index contributed by atoms with van der Waals surface area (Å²) in [7, 11) is 0. The SMILES string of the molecule is CC(C)[C@H]1OCC[C@@H]1CNC(=O)c1cnsn1. The van der Waals surface area contributed by atoms with Gasteiger partial charge >= 0.3 is 0 Å². The number of hydrogen-bond donors (Lipinski definition) is 1. The lowest BCUT2D eigenvalue weighted by Gasteiger charge is -2.21. The average molecular weight is 255 g/mol. The van der Waals surface area contributed by atoms with Crippen LogP contribution >= 0.6 is 11.7 Å². The third-order valence-electron chi connectivity index (χ3n) is 3.04. The van der Waals surface area contributed by atoms with Gasteiger partial charge in [-0.25, -0.2) is 0 Å². The molecule has 1 aliphatic rings. The summed E-state index contributed by atoms with van der Waals surface area (Å²) in [5.74, 6) is 0.749. The second-order valence-corrected chi connectivity index (χ2v) is 5.19. The number of rotatable bonds is 4. The Labute approximate surface area is 105 Å². The Morgan fingerprint density at radius 1 is 1.71 bits per heavy atom. The Morgan fingerprint density at radius 3 is 3.18 bits per heavy atom. The molecule has 1 aliphatic heterocycles. The molecule has 0 spiro atoms. The van der Waals surface area contributed by atoms with Crippen LogP contribution in [-0.2, 0) is 4.74 Å².